The van der Waals surface area contributed by atoms with E-state index in [1.807, 2.05) is 23.1 Å². The minimum Gasteiger partial charge on any atom is -0.362 e. The molecule has 0 aromatic heterocycles. The summed E-state index contributed by atoms with van der Waals surface area (Å²) in [6.45, 7) is 10.4. The Bertz CT molecular complexity index is 413. The highest BCUT2D eigenvalue weighted by molar-refractivity contribution is 5.81. The van der Waals surface area contributed by atoms with Gasteiger partial charge >= 0.3 is 0 Å². The lowest BCUT2D eigenvalue weighted by Gasteiger charge is -2.35. The zero-order valence-electron chi connectivity index (χ0n) is 12.6. The van der Waals surface area contributed by atoms with Gasteiger partial charge in [-0.25, -0.2) is 0 Å². The lowest BCUT2D eigenvalue weighted by atomic mass is 10.2. The molecule has 2 rings (SSSR count). The van der Waals surface area contributed by atoms with Crippen molar-refractivity contribution in [3.8, 4) is 0 Å². The van der Waals surface area contributed by atoms with E-state index in [1.165, 1.54) is 0 Å². The molecule has 0 aliphatic carbocycles. The van der Waals surface area contributed by atoms with Crippen molar-refractivity contribution in [3.05, 3.63) is 30.3 Å². The van der Waals surface area contributed by atoms with Crippen LogP contribution in [0.25, 0.3) is 0 Å². The molecule has 4 heteroatoms. The first-order valence-electron chi connectivity index (χ1n) is 7.54. The Morgan fingerprint density at radius 1 is 1.10 bits per heavy atom. The molecule has 4 nitrogen and oxygen atoms in total. The number of carbonyl (C=O) groups excluding carboxylic acids is 1. The highest BCUT2D eigenvalue weighted by Crippen LogP contribution is 2.13. The first-order chi connectivity index (χ1) is 9.74. The quantitative estimate of drug-likeness (QED) is 0.818. The molecule has 1 aromatic rings. The normalized spacial score (nSPS) is 16.2. The number of para-hydroxylation sites is 1. The van der Waals surface area contributed by atoms with Crippen molar-refractivity contribution in [2.75, 3.05) is 50.7 Å². The number of hydrogen-bond acceptors (Lipinski definition) is 3. The maximum absolute atomic E-state index is 12.4. The summed E-state index contributed by atoms with van der Waals surface area (Å²) in [5.74, 6) is 0.242. The van der Waals surface area contributed by atoms with Crippen LogP contribution in [0.1, 0.15) is 13.8 Å². The number of likely N-dealkylation sites (N-methyl/N-ethyl adjacent to an activating group) is 2. The Hall–Kier alpha value is -1.55. The molecule has 0 atom stereocenters. The Kier molecular flexibility index (Phi) is 5.41. The van der Waals surface area contributed by atoms with Gasteiger partial charge in [0.15, 0.2) is 0 Å². The summed E-state index contributed by atoms with van der Waals surface area (Å²) in [6.07, 6.45) is 0. The first kappa shape index (κ1) is 14.9. The number of amides is 1. The fourth-order valence-electron chi connectivity index (χ4n) is 2.60. The lowest BCUT2D eigenvalue weighted by Crippen LogP contribution is -2.51. The van der Waals surface area contributed by atoms with Gasteiger partial charge in [-0.15, -0.1) is 0 Å². The van der Waals surface area contributed by atoms with Crippen LogP contribution in [0.5, 0.6) is 0 Å². The Morgan fingerprint density at radius 3 is 2.30 bits per heavy atom. The van der Waals surface area contributed by atoms with Gasteiger partial charge in [-0.2, -0.15) is 0 Å². The number of hydrogen-bond donors (Lipinski definition) is 0. The van der Waals surface area contributed by atoms with E-state index < -0.39 is 0 Å². The molecule has 1 heterocycles. The Labute approximate surface area is 122 Å². The molecule has 1 amide bonds. The van der Waals surface area contributed by atoms with E-state index in [4.69, 9.17) is 0 Å². The van der Waals surface area contributed by atoms with Gasteiger partial charge in [0.2, 0.25) is 5.91 Å². The Morgan fingerprint density at radius 2 is 1.75 bits per heavy atom. The van der Waals surface area contributed by atoms with Gasteiger partial charge in [0.05, 0.1) is 6.54 Å². The van der Waals surface area contributed by atoms with E-state index in [1.54, 1.807) is 0 Å². The number of anilines is 1. The van der Waals surface area contributed by atoms with Crippen molar-refractivity contribution in [2.45, 2.75) is 13.8 Å². The second kappa shape index (κ2) is 7.29. The van der Waals surface area contributed by atoms with Crippen molar-refractivity contribution < 1.29 is 4.79 Å². The Balaban J connectivity index is 1.90. The minimum atomic E-state index is 0.242. The molecule has 0 unspecified atom stereocenters. The van der Waals surface area contributed by atoms with E-state index in [0.717, 1.165) is 45.0 Å². The van der Waals surface area contributed by atoms with Crippen molar-refractivity contribution in [2.24, 2.45) is 0 Å². The first-order valence-corrected chi connectivity index (χ1v) is 7.54. The number of benzene rings is 1. The molecule has 0 saturated carbocycles. The zero-order valence-corrected chi connectivity index (χ0v) is 12.6. The molecule has 110 valence electrons. The van der Waals surface area contributed by atoms with Crippen molar-refractivity contribution in [1.82, 2.24) is 9.80 Å². The van der Waals surface area contributed by atoms with Crippen LogP contribution in [0.2, 0.25) is 0 Å². The van der Waals surface area contributed by atoms with Gasteiger partial charge in [0, 0.05) is 38.4 Å². The summed E-state index contributed by atoms with van der Waals surface area (Å²) in [5.41, 5.74) is 1.12. The van der Waals surface area contributed by atoms with E-state index in [9.17, 15) is 4.79 Å². The summed E-state index contributed by atoms with van der Waals surface area (Å²) in [7, 11) is 0. The molecule has 1 aromatic carbocycles. The van der Waals surface area contributed by atoms with Crippen LogP contribution >= 0.6 is 0 Å². The van der Waals surface area contributed by atoms with E-state index >= 15 is 0 Å². The molecule has 0 bridgehead atoms. The van der Waals surface area contributed by atoms with Crippen LogP contribution in [-0.4, -0.2) is 61.5 Å². The summed E-state index contributed by atoms with van der Waals surface area (Å²) in [5, 5.41) is 0. The van der Waals surface area contributed by atoms with Gasteiger partial charge in [-0.05, 0) is 25.6 Å². The summed E-state index contributed by atoms with van der Waals surface area (Å²) in [4.78, 5) is 18.9. The standard InChI is InChI=1S/C16H25N3O/c1-3-17-10-12-19(13-11-17)16(20)14-18(4-2)15-8-6-5-7-9-15/h5-9H,3-4,10-14H2,1-2H3. The fourth-order valence-corrected chi connectivity index (χ4v) is 2.60. The predicted octanol–water partition coefficient (Wildman–Crippen LogP) is 1.68. The average molecular weight is 275 g/mol. The van der Waals surface area contributed by atoms with Crippen LogP contribution in [0, 0.1) is 0 Å². The molecule has 1 aliphatic rings. The molecule has 0 N–H and O–H groups in total. The molecular formula is C16H25N3O. The topological polar surface area (TPSA) is 26.8 Å². The van der Waals surface area contributed by atoms with E-state index in [2.05, 4.69) is 35.8 Å². The van der Waals surface area contributed by atoms with Crippen LogP contribution in [0.15, 0.2) is 30.3 Å². The SMILES string of the molecule is CCN1CCN(C(=O)CN(CC)c2ccccc2)CC1. The molecule has 1 fully saturated rings. The van der Waals surface area contributed by atoms with Crippen LogP contribution < -0.4 is 4.90 Å². The number of carbonyl (C=O) groups is 1. The number of nitrogens with zero attached hydrogens (tertiary/aromatic N) is 3. The molecular weight excluding hydrogens is 250 g/mol. The monoisotopic (exact) mass is 275 g/mol. The van der Waals surface area contributed by atoms with Gasteiger partial charge in [0.1, 0.15) is 0 Å². The third-order valence-corrected chi connectivity index (χ3v) is 4.00. The molecule has 0 radical (unpaired) electrons. The third kappa shape index (κ3) is 3.73. The molecule has 0 spiro atoms. The number of piperazine rings is 1. The average Bonchev–Trinajstić information content (AvgIpc) is 2.53. The van der Waals surface area contributed by atoms with Crippen LogP contribution in [0.4, 0.5) is 5.69 Å². The smallest absolute Gasteiger partial charge is 0.242 e. The van der Waals surface area contributed by atoms with Gasteiger partial charge in [-0.1, -0.05) is 25.1 Å². The van der Waals surface area contributed by atoms with Gasteiger partial charge < -0.3 is 14.7 Å². The largest absolute Gasteiger partial charge is 0.362 e. The summed E-state index contributed by atoms with van der Waals surface area (Å²) >= 11 is 0. The number of rotatable bonds is 5. The highest BCUT2D eigenvalue weighted by Gasteiger charge is 2.21. The maximum atomic E-state index is 12.4. The highest BCUT2D eigenvalue weighted by atomic mass is 16.2. The van der Waals surface area contributed by atoms with E-state index in [0.29, 0.717) is 6.54 Å². The van der Waals surface area contributed by atoms with E-state index in [-0.39, 0.29) is 5.91 Å². The minimum absolute atomic E-state index is 0.242. The lowest BCUT2D eigenvalue weighted by molar-refractivity contribution is -0.131. The second-order valence-electron chi connectivity index (χ2n) is 5.16. The second-order valence-corrected chi connectivity index (χ2v) is 5.16. The van der Waals surface area contributed by atoms with Crippen molar-refractivity contribution in [1.29, 1.82) is 0 Å². The molecule has 1 aliphatic heterocycles. The zero-order chi connectivity index (χ0) is 14.4. The maximum Gasteiger partial charge on any atom is 0.242 e. The molecule has 1 saturated heterocycles. The van der Waals surface area contributed by atoms with Gasteiger partial charge in [0.25, 0.3) is 0 Å². The van der Waals surface area contributed by atoms with Gasteiger partial charge in [-0.3, -0.25) is 4.79 Å². The van der Waals surface area contributed by atoms with Crippen LogP contribution in [-0.2, 0) is 4.79 Å². The summed E-state index contributed by atoms with van der Waals surface area (Å²) < 4.78 is 0. The fraction of sp³-hybridized carbons (Fsp3) is 0.562. The summed E-state index contributed by atoms with van der Waals surface area (Å²) in [6, 6.07) is 10.2. The van der Waals surface area contributed by atoms with Crippen LogP contribution in [0.3, 0.4) is 0 Å². The predicted molar refractivity (Wildman–Crippen MR) is 83.0 cm³/mol. The molecule has 20 heavy (non-hydrogen) atoms. The third-order valence-electron chi connectivity index (χ3n) is 4.00. The van der Waals surface area contributed by atoms with Crippen molar-refractivity contribution >= 4 is 11.6 Å². The van der Waals surface area contributed by atoms with Crippen molar-refractivity contribution in [3.63, 3.8) is 0 Å².